The quantitative estimate of drug-likeness (QED) is 0.166. The van der Waals surface area contributed by atoms with E-state index in [1.54, 1.807) is 44.4 Å². The molecule has 60 heavy (non-hydrogen) atoms. The number of amides is 3. The van der Waals surface area contributed by atoms with Crippen LogP contribution in [0.5, 0.6) is 11.6 Å². The van der Waals surface area contributed by atoms with E-state index in [4.69, 9.17) is 4.74 Å². The largest absolute Gasteiger partial charge is 0.573 e. The van der Waals surface area contributed by atoms with E-state index < -0.39 is 79.9 Å². The van der Waals surface area contributed by atoms with Crippen LogP contribution in [0.25, 0.3) is 21.7 Å². The fourth-order valence-electron chi connectivity index (χ4n) is 8.41. The lowest BCUT2D eigenvalue weighted by Gasteiger charge is -2.29. The highest BCUT2D eigenvalue weighted by molar-refractivity contribution is 7.91. The summed E-state index contributed by atoms with van der Waals surface area (Å²) in [6, 6.07) is 10.2. The molecule has 2 aliphatic carbocycles. The summed E-state index contributed by atoms with van der Waals surface area (Å²) >= 11 is 0. The summed E-state index contributed by atoms with van der Waals surface area (Å²) in [6.45, 7) is 1.44. The number of benzene rings is 2. The summed E-state index contributed by atoms with van der Waals surface area (Å²) in [4.78, 5) is 62.7. The standard InChI is InChI=1S/C42H45F3N6O8S/c1-40(17-18-40)60(56,57)49-39(55)41-22-25(41)10-6-4-3-5-7-13-32(46-36(53)31-16-19-50(2)48-31)38(54)51-24-27(21-34(51)35(52)23-41)58-37-30-12-9-8-11-28(30)29-15-14-26(20-33(29)47-37)59-42(43,44)45/h6,8-12,14-16,19-20,25,27,32,34H,3-5,7,13,17-18,21-24H2,1-2H3,(H,46,53)(H,49,55)/b10-6-/t25-,27-,32+,34+,41-/m1/s1. The third-order valence-electron chi connectivity index (χ3n) is 12.3. The minimum atomic E-state index is -4.93. The summed E-state index contributed by atoms with van der Waals surface area (Å²) in [7, 11) is -2.37. The lowest BCUT2D eigenvalue weighted by atomic mass is 9.91. The molecule has 2 aromatic carbocycles. The number of hydrogen-bond acceptors (Lipinski definition) is 10. The van der Waals surface area contributed by atoms with E-state index in [9.17, 15) is 40.8 Å². The molecule has 5 atom stereocenters. The average Bonchev–Trinajstić information content (AvgIpc) is 3.99. The van der Waals surface area contributed by atoms with E-state index >= 15 is 0 Å². The number of ketones is 1. The molecule has 4 aromatic rings. The van der Waals surface area contributed by atoms with Gasteiger partial charge in [0.1, 0.15) is 23.6 Å². The topological polar surface area (TPSA) is 179 Å². The number of nitrogens with zero attached hydrogens (tertiary/aromatic N) is 4. The van der Waals surface area contributed by atoms with Gasteiger partial charge in [0.25, 0.3) is 5.91 Å². The van der Waals surface area contributed by atoms with Crippen molar-refractivity contribution in [1.82, 2.24) is 29.7 Å². The Morgan fingerprint density at radius 3 is 2.48 bits per heavy atom. The molecule has 3 amide bonds. The molecule has 14 nitrogen and oxygen atoms in total. The number of Topliss-reactive ketones (excluding diaryl/α,β-unsaturated/α-hetero) is 1. The first-order valence-electron chi connectivity index (χ1n) is 20.1. The molecule has 18 heteroatoms. The van der Waals surface area contributed by atoms with Gasteiger partial charge < -0.3 is 19.7 Å². The van der Waals surface area contributed by atoms with Crippen LogP contribution in [0.15, 0.2) is 66.9 Å². The van der Waals surface area contributed by atoms with Crippen LogP contribution in [0.3, 0.4) is 0 Å². The van der Waals surface area contributed by atoms with E-state index in [-0.39, 0.29) is 49.3 Å². The fourth-order valence-corrected chi connectivity index (χ4v) is 9.74. The summed E-state index contributed by atoms with van der Waals surface area (Å²) in [6.07, 6.45) is 3.22. The molecule has 4 aliphatic rings. The van der Waals surface area contributed by atoms with Gasteiger partial charge >= 0.3 is 6.36 Å². The second-order valence-electron chi connectivity index (χ2n) is 16.6. The van der Waals surface area contributed by atoms with E-state index in [1.807, 2.05) is 12.2 Å². The van der Waals surface area contributed by atoms with E-state index in [0.29, 0.717) is 48.3 Å². The molecular weight excluding hydrogens is 806 g/mol. The zero-order chi connectivity index (χ0) is 42.6. The number of rotatable bonds is 8. The van der Waals surface area contributed by atoms with E-state index in [2.05, 4.69) is 24.9 Å². The Balaban J connectivity index is 1.13. The Hall–Kier alpha value is -5.52. The minimum Gasteiger partial charge on any atom is -0.472 e. The van der Waals surface area contributed by atoms with Crippen molar-refractivity contribution in [2.45, 2.75) is 100 Å². The van der Waals surface area contributed by atoms with Gasteiger partial charge in [0, 0.05) is 42.9 Å². The molecule has 2 N–H and O–H groups in total. The van der Waals surface area contributed by atoms with Gasteiger partial charge in [-0.05, 0) is 81.0 Å². The number of alkyl halides is 3. The smallest absolute Gasteiger partial charge is 0.472 e. The molecule has 2 aliphatic heterocycles. The van der Waals surface area contributed by atoms with Crippen LogP contribution in [0.2, 0.25) is 0 Å². The number of ether oxygens (including phenoxy) is 2. The number of pyridine rings is 1. The van der Waals surface area contributed by atoms with Crippen molar-refractivity contribution in [1.29, 1.82) is 0 Å². The number of carbonyl (C=O) groups is 4. The predicted molar refractivity (Wildman–Crippen MR) is 212 cm³/mol. The van der Waals surface area contributed by atoms with Gasteiger partial charge in [-0.1, -0.05) is 43.2 Å². The molecule has 3 fully saturated rings. The maximum absolute atomic E-state index is 14.7. The van der Waals surface area contributed by atoms with Crippen molar-refractivity contribution >= 4 is 55.2 Å². The highest BCUT2D eigenvalue weighted by Crippen LogP contribution is 2.57. The van der Waals surface area contributed by atoms with Crippen LogP contribution in [-0.2, 0) is 31.5 Å². The number of aryl methyl sites for hydroxylation is 1. The first-order valence-corrected chi connectivity index (χ1v) is 21.6. The number of hydrogen-bond donors (Lipinski definition) is 2. The van der Waals surface area contributed by atoms with Crippen LogP contribution in [0.4, 0.5) is 13.2 Å². The number of fused-ring (bicyclic) bond motifs is 5. The summed E-state index contributed by atoms with van der Waals surface area (Å²) in [5.41, 5.74) is -1.11. The maximum Gasteiger partial charge on any atom is 0.573 e. The van der Waals surface area contributed by atoms with Crippen LogP contribution in [0.1, 0.15) is 81.6 Å². The van der Waals surface area contributed by atoms with Crippen molar-refractivity contribution in [3.05, 3.63) is 72.6 Å². The van der Waals surface area contributed by atoms with Gasteiger partial charge in [-0.2, -0.15) is 5.10 Å². The highest BCUT2D eigenvalue weighted by Gasteiger charge is 2.62. The normalized spacial score (nSPS) is 26.3. The van der Waals surface area contributed by atoms with Crippen molar-refractivity contribution in [2.75, 3.05) is 6.54 Å². The Morgan fingerprint density at radius 2 is 1.77 bits per heavy atom. The lowest BCUT2D eigenvalue weighted by molar-refractivity contribution is -0.274. The van der Waals surface area contributed by atoms with Gasteiger partial charge in [-0.25, -0.2) is 13.4 Å². The first-order chi connectivity index (χ1) is 28.4. The molecule has 4 heterocycles. The van der Waals surface area contributed by atoms with Gasteiger partial charge in [0.15, 0.2) is 5.78 Å². The Bertz CT molecular complexity index is 2520. The monoisotopic (exact) mass is 850 g/mol. The van der Waals surface area contributed by atoms with Gasteiger partial charge in [-0.3, -0.25) is 28.6 Å². The van der Waals surface area contributed by atoms with E-state index in [0.717, 1.165) is 12.5 Å². The number of aromatic nitrogens is 3. The SMILES string of the molecule is Cn1ccc(C(=O)N[C@H]2CCCCC/C=C\[C@@H]3C[C@@]3(C(=O)NS(=O)(=O)C3(C)CC3)CC(=O)[C@@H]3C[C@@H](Oc4nc5cc(OC(F)(F)F)ccc5c5ccccc45)CN3C2=O)n1. The second-order valence-corrected chi connectivity index (χ2v) is 18.8. The van der Waals surface area contributed by atoms with Gasteiger partial charge in [0.05, 0.1) is 28.3 Å². The number of halogens is 3. The average molecular weight is 851 g/mol. The molecule has 318 valence electrons. The van der Waals surface area contributed by atoms with Crippen LogP contribution >= 0.6 is 0 Å². The third kappa shape index (κ3) is 8.30. The molecule has 0 spiro atoms. The zero-order valence-corrected chi connectivity index (χ0v) is 33.9. The van der Waals surface area contributed by atoms with Gasteiger partial charge in [0.2, 0.25) is 27.7 Å². The van der Waals surface area contributed by atoms with Crippen molar-refractivity contribution in [3.63, 3.8) is 0 Å². The second kappa shape index (κ2) is 15.5. The predicted octanol–water partition coefficient (Wildman–Crippen LogP) is 5.65. The maximum atomic E-state index is 14.7. The summed E-state index contributed by atoms with van der Waals surface area (Å²) in [5, 5.41) is 8.70. The molecular formula is C42H45F3N6O8S. The lowest BCUT2D eigenvalue weighted by Crippen LogP contribution is -2.52. The summed E-state index contributed by atoms with van der Waals surface area (Å²) in [5.74, 6) is -3.19. The Kier molecular flexibility index (Phi) is 10.6. The molecule has 0 unspecified atom stereocenters. The van der Waals surface area contributed by atoms with Crippen molar-refractivity contribution < 1.29 is 50.2 Å². The van der Waals surface area contributed by atoms with Crippen LogP contribution in [0, 0.1) is 11.3 Å². The van der Waals surface area contributed by atoms with Crippen LogP contribution in [-0.4, -0.2) is 87.4 Å². The highest BCUT2D eigenvalue weighted by atomic mass is 32.2. The number of allylic oxidation sites excluding steroid dienone is 2. The molecule has 1 saturated heterocycles. The first kappa shape index (κ1) is 41.2. The number of carbonyl (C=O) groups excluding carboxylic acids is 4. The molecule has 0 radical (unpaired) electrons. The van der Waals surface area contributed by atoms with Crippen molar-refractivity contribution in [3.8, 4) is 11.6 Å². The molecule has 8 rings (SSSR count). The fraction of sp³-hybridized carbons (Fsp3) is 0.476. The zero-order valence-electron chi connectivity index (χ0n) is 33.0. The van der Waals surface area contributed by atoms with Gasteiger partial charge in [-0.15, -0.1) is 13.2 Å². The van der Waals surface area contributed by atoms with Crippen molar-refractivity contribution in [2.24, 2.45) is 18.4 Å². The van der Waals surface area contributed by atoms with Crippen LogP contribution < -0.4 is 19.5 Å². The summed E-state index contributed by atoms with van der Waals surface area (Å²) < 4.78 is 79.3. The van der Waals surface area contributed by atoms with E-state index in [1.165, 1.54) is 27.8 Å². The number of nitrogens with one attached hydrogen (secondary N) is 2. The molecule has 2 saturated carbocycles. The molecule has 2 aromatic heterocycles. The Morgan fingerprint density at radius 1 is 1.00 bits per heavy atom. The Labute approximate surface area is 343 Å². The molecule has 0 bridgehead atoms. The number of sulfonamides is 1. The third-order valence-corrected chi connectivity index (χ3v) is 14.4. The minimum absolute atomic E-state index is 0.0503.